The first-order chi connectivity index (χ1) is 9.70. The van der Waals surface area contributed by atoms with Gasteiger partial charge in [0.25, 0.3) is 0 Å². The number of likely N-dealkylation sites (tertiary alicyclic amines) is 1. The number of nitrogens with one attached hydrogen (secondary N) is 1. The van der Waals surface area contributed by atoms with E-state index in [1.54, 1.807) is 0 Å². The molecule has 1 aromatic carbocycles. The number of nitrogens with two attached hydrogens (primary N) is 1. The van der Waals surface area contributed by atoms with Crippen LogP contribution >= 0.6 is 12.4 Å². The molecule has 0 saturated carbocycles. The highest BCUT2D eigenvalue weighted by Crippen LogP contribution is 2.23. The number of carbonyl (C=O) groups excluding carboxylic acids is 1. The van der Waals surface area contributed by atoms with Crippen LogP contribution in [0.4, 0.5) is 0 Å². The Hall–Kier alpha value is -1.10. The molecular formula is C16H26ClN3O. The van der Waals surface area contributed by atoms with Gasteiger partial charge in [0.1, 0.15) is 0 Å². The lowest BCUT2D eigenvalue weighted by atomic mass is 10.00. The van der Waals surface area contributed by atoms with Crippen molar-refractivity contribution in [1.82, 2.24) is 10.2 Å². The van der Waals surface area contributed by atoms with E-state index in [1.165, 1.54) is 5.56 Å². The molecule has 1 aromatic rings. The van der Waals surface area contributed by atoms with Gasteiger partial charge in [-0.25, -0.2) is 0 Å². The Bertz CT molecular complexity index is 419. The smallest absolute Gasteiger partial charge is 0.221 e. The number of carbonyl (C=O) groups is 1. The number of rotatable bonds is 5. The normalized spacial score (nSPS) is 17.8. The largest absolute Gasteiger partial charge is 0.353 e. The van der Waals surface area contributed by atoms with Gasteiger partial charge >= 0.3 is 0 Å². The maximum Gasteiger partial charge on any atom is 0.221 e. The zero-order valence-corrected chi connectivity index (χ0v) is 13.4. The zero-order chi connectivity index (χ0) is 14.4. The Morgan fingerprint density at radius 2 is 1.95 bits per heavy atom. The molecular weight excluding hydrogens is 286 g/mol. The lowest BCUT2D eigenvalue weighted by molar-refractivity contribution is -0.121. The third-order valence-electron chi connectivity index (χ3n) is 4.10. The first-order valence-corrected chi connectivity index (χ1v) is 7.49. The molecule has 0 bridgehead atoms. The van der Waals surface area contributed by atoms with Gasteiger partial charge < -0.3 is 11.1 Å². The number of hydrogen-bond acceptors (Lipinski definition) is 3. The standard InChI is InChI=1S/C16H25N3O.ClH/c1-13(14-5-3-2-4-6-14)19-11-8-15(9-12-19)18-16(20)7-10-17;/h2-6,13,15H,7-12,17H2,1H3,(H,18,20);1H. The van der Waals surface area contributed by atoms with Crippen molar-refractivity contribution in [3.05, 3.63) is 35.9 Å². The molecule has 2 rings (SSSR count). The van der Waals surface area contributed by atoms with E-state index in [9.17, 15) is 4.79 Å². The first-order valence-electron chi connectivity index (χ1n) is 7.49. The van der Waals surface area contributed by atoms with Crippen LogP contribution in [0.3, 0.4) is 0 Å². The van der Waals surface area contributed by atoms with E-state index in [0.29, 0.717) is 25.0 Å². The van der Waals surface area contributed by atoms with Gasteiger partial charge in [0.05, 0.1) is 0 Å². The quantitative estimate of drug-likeness (QED) is 0.875. The van der Waals surface area contributed by atoms with Crippen molar-refractivity contribution in [1.29, 1.82) is 0 Å². The van der Waals surface area contributed by atoms with Crippen molar-refractivity contribution in [3.63, 3.8) is 0 Å². The van der Waals surface area contributed by atoms with Crippen LogP contribution in [-0.4, -0.2) is 36.5 Å². The Balaban J connectivity index is 0.00000220. The number of halogens is 1. The van der Waals surface area contributed by atoms with Crippen LogP contribution in [0.15, 0.2) is 30.3 Å². The van der Waals surface area contributed by atoms with Crippen molar-refractivity contribution < 1.29 is 4.79 Å². The van der Waals surface area contributed by atoms with Crippen molar-refractivity contribution in [2.45, 2.75) is 38.3 Å². The van der Waals surface area contributed by atoms with Gasteiger partial charge in [-0.05, 0) is 25.3 Å². The highest BCUT2D eigenvalue weighted by atomic mass is 35.5. The van der Waals surface area contributed by atoms with E-state index in [2.05, 4.69) is 47.5 Å². The van der Waals surface area contributed by atoms with Gasteiger partial charge in [0.15, 0.2) is 0 Å². The summed E-state index contributed by atoms with van der Waals surface area (Å²) in [7, 11) is 0. The van der Waals surface area contributed by atoms with Crippen molar-refractivity contribution >= 4 is 18.3 Å². The van der Waals surface area contributed by atoms with Gasteiger partial charge in [-0.3, -0.25) is 9.69 Å². The van der Waals surface area contributed by atoms with Crippen molar-refractivity contribution in [2.24, 2.45) is 5.73 Å². The molecule has 118 valence electrons. The minimum Gasteiger partial charge on any atom is -0.353 e. The zero-order valence-electron chi connectivity index (χ0n) is 12.6. The van der Waals surface area contributed by atoms with Gasteiger partial charge in [0, 0.05) is 38.1 Å². The summed E-state index contributed by atoms with van der Waals surface area (Å²) >= 11 is 0. The maximum atomic E-state index is 11.5. The van der Waals surface area contributed by atoms with Gasteiger partial charge in [-0.15, -0.1) is 12.4 Å². The number of piperidine rings is 1. The third kappa shape index (κ3) is 5.30. The number of amides is 1. The van der Waals surface area contributed by atoms with Crippen molar-refractivity contribution in [3.8, 4) is 0 Å². The molecule has 3 N–H and O–H groups in total. The second-order valence-corrected chi connectivity index (χ2v) is 5.50. The molecule has 5 heteroatoms. The van der Waals surface area contributed by atoms with Gasteiger partial charge in [0.2, 0.25) is 5.91 Å². The fraction of sp³-hybridized carbons (Fsp3) is 0.562. The lowest BCUT2D eigenvalue weighted by Gasteiger charge is -2.36. The Kier molecular flexibility index (Phi) is 7.72. The Morgan fingerprint density at radius 1 is 1.33 bits per heavy atom. The van der Waals surface area contributed by atoms with Crippen LogP contribution in [0.1, 0.15) is 37.8 Å². The van der Waals surface area contributed by atoms with Crippen LogP contribution in [0.25, 0.3) is 0 Å². The molecule has 0 aliphatic carbocycles. The summed E-state index contributed by atoms with van der Waals surface area (Å²) in [6.45, 7) is 4.74. The van der Waals surface area contributed by atoms with E-state index in [1.807, 2.05) is 0 Å². The summed E-state index contributed by atoms with van der Waals surface area (Å²) < 4.78 is 0. The molecule has 0 spiro atoms. The van der Waals surface area contributed by atoms with E-state index >= 15 is 0 Å². The summed E-state index contributed by atoms with van der Waals surface area (Å²) in [5.41, 5.74) is 6.75. The van der Waals surface area contributed by atoms with Crippen LogP contribution < -0.4 is 11.1 Å². The number of benzene rings is 1. The Morgan fingerprint density at radius 3 is 2.52 bits per heavy atom. The summed E-state index contributed by atoms with van der Waals surface area (Å²) in [5, 5.41) is 3.07. The maximum absolute atomic E-state index is 11.5. The summed E-state index contributed by atoms with van der Waals surface area (Å²) in [4.78, 5) is 14.0. The van der Waals surface area contributed by atoms with E-state index < -0.39 is 0 Å². The minimum atomic E-state index is 0. The molecule has 4 nitrogen and oxygen atoms in total. The average molecular weight is 312 g/mol. The molecule has 1 atom stereocenters. The average Bonchev–Trinajstić information content (AvgIpc) is 2.48. The minimum absolute atomic E-state index is 0. The fourth-order valence-electron chi connectivity index (χ4n) is 2.80. The van der Waals surface area contributed by atoms with Gasteiger partial charge in [-0.1, -0.05) is 30.3 Å². The predicted octanol–water partition coefficient (Wildman–Crippen LogP) is 2.10. The fourth-order valence-corrected chi connectivity index (χ4v) is 2.80. The molecule has 1 fully saturated rings. The highest BCUT2D eigenvalue weighted by molar-refractivity contribution is 5.85. The molecule has 1 unspecified atom stereocenters. The van der Waals surface area contributed by atoms with Crippen LogP contribution in [-0.2, 0) is 4.79 Å². The van der Waals surface area contributed by atoms with Gasteiger partial charge in [-0.2, -0.15) is 0 Å². The molecule has 21 heavy (non-hydrogen) atoms. The summed E-state index contributed by atoms with van der Waals surface area (Å²) in [6.07, 6.45) is 2.47. The summed E-state index contributed by atoms with van der Waals surface area (Å²) in [6, 6.07) is 11.3. The van der Waals surface area contributed by atoms with E-state index in [4.69, 9.17) is 5.73 Å². The van der Waals surface area contributed by atoms with Crippen molar-refractivity contribution in [2.75, 3.05) is 19.6 Å². The highest BCUT2D eigenvalue weighted by Gasteiger charge is 2.24. The molecule has 0 aromatic heterocycles. The first kappa shape index (κ1) is 18.0. The van der Waals surface area contributed by atoms with E-state index in [0.717, 1.165) is 25.9 Å². The second-order valence-electron chi connectivity index (χ2n) is 5.50. The predicted molar refractivity (Wildman–Crippen MR) is 88.5 cm³/mol. The molecule has 1 aliphatic heterocycles. The monoisotopic (exact) mass is 311 g/mol. The molecule has 1 aliphatic rings. The summed E-state index contributed by atoms with van der Waals surface area (Å²) in [5.74, 6) is 0.0852. The topological polar surface area (TPSA) is 58.4 Å². The Labute approximate surface area is 133 Å². The number of nitrogens with zero attached hydrogens (tertiary/aromatic N) is 1. The molecule has 0 radical (unpaired) electrons. The molecule has 1 heterocycles. The molecule has 1 saturated heterocycles. The van der Waals surface area contributed by atoms with Crippen LogP contribution in [0.2, 0.25) is 0 Å². The van der Waals surface area contributed by atoms with Crippen LogP contribution in [0, 0.1) is 0 Å². The van der Waals surface area contributed by atoms with Crippen LogP contribution in [0.5, 0.6) is 0 Å². The van der Waals surface area contributed by atoms with E-state index in [-0.39, 0.29) is 18.3 Å². The second kappa shape index (κ2) is 9.03. The third-order valence-corrected chi connectivity index (χ3v) is 4.10. The lowest BCUT2D eigenvalue weighted by Crippen LogP contribution is -2.45. The SMILES string of the molecule is CC(c1ccccc1)N1CCC(NC(=O)CCN)CC1.Cl. The molecule has 1 amide bonds. The number of hydrogen-bond donors (Lipinski definition) is 2.